The monoisotopic (exact) mass is 455 g/mol. The van der Waals surface area contributed by atoms with Crippen molar-refractivity contribution in [2.24, 2.45) is 4.99 Å². The van der Waals surface area contributed by atoms with Crippen molar-refractivity contribution in [2.75, 3.05) is 13.7 Å². The summed E-state index contributed by atoms with van der Waals surface area (Å²) in [6.45, 7) is 3.70. The number of aliphatic imine (C=N–C) groups is 1. The Hall–Kier alpha value is -2.45. The van der Waals surface area contributed by atoms with E-state index < -0.39 is 36.7 Å². The number of unbranched alkanes of at least 4 members (excludes halogenated alkanes) is 1. The van der Waals surface area contributed by atoms with Gasteiger partial charge in [-0.3, -0.25) is 0 Å². The van der Waals surface area contributed by atoms with Crippen LogP contribution in [0.1, 0.15) is 48.4 Å². The fourth-order valence-electron chi connectivity index (χ4n) is 4.53. The second-order valence-corrected chi connectivity index (χ2v) is 8.83. The van der Waals surface area contributed by atoms with Crippen molar-refractivity contribution in [3.63, 3.8) is 0 Å². The molecule has 0 bridgehead atoms. The van der Waals surface area contributed by atoms with Crippen molar-refractivity contribution < 1.29 is 29.5 Å². The molecule has 178 valence electrons. The molecule has 2 aromatic carbocycles. The summed E-state index contributed by atoms with van der Waals surface area (Å²) in [5.41, 5.74) is 2.75. The van der Waals surface area contributed by atoms with E-state index in [4.69, 9.17) is 19.2 Å². The van der Waals surface area contributed by atoms with Crippen molar-refractivity contribution in [2.45, 2.75) is 69.7 Å². The fraction of sp³-hybridized carbons (Fsp3) is 0.500. The average molecular weight is 456 g/mol. The van der Waals surface area contributed by atoms with Crippen LogP contribution in [-0.4, -0.2) is 59.3 Å². The highest BCUT2D eigenvalue weighted by atomic mass is 16.6. The van der Waals surface area contributed by atoms with Gasteiger partial charge in [-0.15, -0.1) is 0 Å². The zero-order valence-corrected chi connectivity index (χ0v) is 19.4. The molecule has 33 heavy (non-hydrogen) atoms. The van der Waals surface area contributed by atoms with E-state index >= 15 is 0 Å². The molecule has 2 aromatic rings. The molecule has 0 aromatic heterocycles. The van der Waals surface area contributed by atoms with Gasteiger partial charge in [0.25, 0.3) is 0 Å². The number of fused-ring (bicyclic) bond motifs is 1. The maximum absolute atomic E-state index is 10.9. The highest BCUT2D eigenvalue weighted by Crippen LogP contribution is 2.46. The van der Waals surface area contributed by atoms with Gasteiger partial charge in [-0.25, -0.2) is 4.99 Å². The predicted octanol–water partition coefficient (Wildman–Crippen LogP) is 2.85. The van der Waals surface area contributed by atoms with Crippen molar-refractivity contribution in [1.82, 2.24) is 0 Å². The molecule has 3 N–H and O–H groups in total. The number of ether oxygens (including phenoxy) is 3. The summed E-state index contributed by atoms with van der Waals surface area (Å²) >= 11 is 0. The largest absolute Gasteiger partial charge is 0.497 e. The lowest BCUT2D eigenvalue weighted by molar-refractivity contribution is -0.262. The maximum atomic E-state index is 10.9. The third kappa shape index (κ3) is 4.51. The Kier molecular flexibility index (Phi) is 7.05. The third-order valence-corrected chi connectivity index (χ3v) is 6.55. The summed E-state index contributed by atoms with van der Waals surface area (Å²) in [6, 6.07) is 13.9. The van der Waals surface area contributed by atoms with Crippen LogP contribution in [0, 0.1) is 6.92 Å². The first-order valence-electron chi connectivity index (χ1n) is 11.5. The average Bonchev–Trinajstić information content (AvgIpc) is 3.21. The van der Waals surface area contributed by atoms with Gasteiger partial charge in [-0.2, -0.15) is 0 Å². The molecule has 1 saturated heterocycles. The molecule has 0 saturated carbocycles. The lowest BCUT2D eigenvalue weighted by atomic mass is 9.85. The number of aryl methyl sites for hydroxylation is 1. The van der Waals surface area contributed by atoms with Crippen LogP contribution in [-0.2, 0) is 21.6 Å². The normalized spacial score (nSPS) is 28.7. The quantitative estimate of drug-likeness (QED) is 0.566. The molecule has 1 fully saturated rings. The Morgan fingerprint density at radius 2 is 1.85 bits per heavy atom. The summed E-state index contributed by atoms with van der Waals surface area (Å²) < 4.78 is 17.5. The van der Waals surface area contributed by atoms with Crippen LogP contribution in [0.4, 0.5) is 0 Å². The van der Waals surface area contributed by atoms with Gasteiger partial charge in [0.2, 0.25) is 5.72 Å². The summed E-state index contributed by atoms with van der Waals surface area (Å²) in [7, 11) is 1.65. The lowest BCUT2D eigenvalue weighted by Gasteiger charge is -2.44. The number of nitrogens with zero attached hydrogens (tertiary/aromatic N) is 1. The second kappa shape index (κ2) is 9.81. The van der Waals surface area contributed by atoms with Gasteiger partial charge in [0.1, 0.15) is 24.1 Å². The van der Waals surface area contributed by atoms with Crippen molar-refractivity contribution in [3.05, 3.63) is 64.7 Å². The Labute approximate surface area is 194 Å². The van der Waals surface area contributed by atoms with Gasteiger partial charge in [0.15, 0.2) is 12.0 Å². The molecule has 0 aliphatic carbocycles. The Bertz CT molecular complexity index is 991. The third-order valence-electron chi connectivity index (χ3n) is 6.55. The molecule has 2 heterocycles. The molecule has 2 aliphatic heterocycles. The SMILES string of the molecule is CCCCC1=NC2(c3ccc(C)c(Cc4ccc(OC)cc4)c3)O[C@H](CO)[C@@H](O)[C@H](O)C2O1. The van der Waals surface area contributed by atoms with E-state index in [9.17, 15) is 15.3 Å². The van der Waals surface area contributed by atoms with Gasteiger partial charge in [0.05, 0.1) is 13.7 Å². The highest BCUT2D eigenvalue weighted by molar-refractivity contribution is 5.79. The summed E-state index contributed by atoms with van der Waals surface area (Å²) in [4.78, 5) is 4.81. The first-order chi connectivity index (χ1) is 15.9. The van der Waals surface area contributed by atoms with E-state index in [-0.39, 0.29) is 0 Å². The van der Waals surface area contributed by atoms with Crippen molar-refractivity contribution in [1.29, 1.82) is 0 Å². The van der Waals surface area contributed by atoms with Gasteiger partial charge >= 0.3 is 0 Å². The van der Waals surface area contributed by atoms with Crippen LogP contribution in [0.2, 0.25) is 0 Å². The minimum absolute atomic E-state index is 0.433. The van der Waals surface area contributed by atoms with E-state index in [1.54, 1.807) is 7.11 Å². The van der Waals surface area contributed by atoms with E-state index in [1.165, 1.54) is 0 Å². The summed E-state index contributed by atoms with van der Waals surface area (Å²) in [5, 5.41) is 31.2. The minimum atomic E-state index is -1.32. The van der Waals surface area contributed by atoms with Crippen LogP contribution < -0.4 is 4.74 Å². The zero-order valence-electron chi connectivity index (χ0n) is 19.4. The van der Waals surface area contributed by atoms with Gasteiger partial charge in [-0.1, -0.05) is 43.7 Å². The molecule has 0 spiro atoms. The molecule has 7 nitrogen and oxygen atoms in total. The fourth-order valence-corrected chi connectivity index (χ4v) is 4.53. The molecule has 7 heteroatoms. The predicted molar refractivity (Wildman–Crippen MR) is 124 cm³/mol. The Morgan fingerprint density at radius 1 is 1.09 bits per heavy atom. The first-order valence-corrected chi connectivity index (χ1v) is 11.5. The number of rotatable bonds is 8. The number of aliphatic hydroxyl groups is 3. The van der Waals surface area contributed by atoms with Crippen LogP contribution >= 0.6 is 0 Å². The number of aliphatic hydroxyl groups excluding tert-OH is 3. The van der Waals surface area contributed by atoms with Crippen LogP contribution in [0.25, 0.3) is 0 Å². The molecule has 2 aliphatic rings. The zero-order chi connectivity index (χ0) is 23.6. The van der Waals surface area contributed by atoms with E-state index in [2.05, 4.69) is 13.8 Å². The number of methoxy groups -OCH3 is 1. The standard InChI is InChI=1S/C26H33NO6/c1-4-5-6-22-27-26(25(32-22)24(30)23(29)21(15-28)33-26)19-10-7-16(2)18(14-19)13-17-8-11-20(31-3)12-9-17/h7-12,14,21,23-25,28-30H,4-6,13,15H2,1-3H3/t21-,23-,24+,25?,26?/m1/s1. The molecule has 0 radical (unpaired) electrons. The number of hydrogen-bond acceptors (Lipinski definition) is 7. The smallest absolute Gasteiger partial charge is 0.228 e. The van der Waals surface area contributed by atoms with Gasteiger partial charge < -0.3 is 29.5 Å². The molecular weight excluding hydrogens is 422 g/mol. The van der Waals surface area contributed by atoms with Crippen molar-refractivity contribution in [3.8, 4) is 5.75 Å². The van der Waals surface area contributed by atoms with Crippen molar-refractivity contribution >= 4 is 5.90 Å². The molecule has 0 amide bonds. The summed E-state index contributed by atoms with van der Waals surface area (Å²) in [5.74, 6) is 1.31. The maximum Gasteiger partial charge on any atom is 0.228 e. The molecule has 5 atom stereocenters. The van der Waals surface area contributed by atoms with E-state index in [1.807, 2.05) is 42.5 Å². The van der Waals surface area contributed by atoms with E-state index in [0.29, 0.717) is 18.7 Å². The Morgan fingerprint density at radius 3 is 2.52 bits per heavy atom. The highest BCUT2D eigenvalue weighted by Gasteiger charge is 2.60. The molecule has 4 rings (SSSR count). The van der Waals surface area contributed by atoms with Crippen LogP contribution in [0.3, 0.4) is 0 Å². The number of hydrogen-bond donors (Lipinski definition) is 3. The topological polar surface area (TPSA) is 101 Å². The van der Waals surface area contributed by atoms with Crippen LogP contribution in [0.5, 0.6) is 5.75 Å². The number of benzene rings is 2. The Balaban J connectivity index is 1.73. The molecule has 2 unspecified atom stereocenters. The molecular formula is C26H33NO6. The second-order valence-electron chi connectivity index (χ2n) is 8.83. The first kappa shape index (κ1) is 23.7. The van der Waals surface area contributed by atoms with E-state index in [0.717, 1.165) is 40.8 Å². The van der Waals surface area contributed by atoms with Gasteiger partial charge in [0, 0.05) is 12.0 Å². The van der Waals surface area contributed by atoms with Crippen LogP contribution in [0.15, 0.2) is 47.5 Å². The minimum Gasteiger partial charge on any atom is -0.497 e. The van der Waals surface area contributed by atoms with Gasteiger partial charge in [-0.05, 0) is 48.6 Å². The lowest BCUT2D eigenvalue weighted by Crippen LogP contribution is -2.61. The summed E-state index contributed by atoms with van der Waals surface area (Å²) in [6.07, 6.45) is -1.19.